The largest absolute Gasteiger partial charge is 0.381 e. The Hall–Kier alpha value is -1.67. The lowest BCUT2D eigenvalue weighted by molar-refractivity contribution is 0.0455. The number of pyridine rings is 1. The summed E-state index contributed by atoms with van der Waals surface area (Å²) in [4.78, 5) is 4.10. The molecular formula is C13H16FN3O. The molecule has 0 radical (unpaired) electrons. The van der Waals surface area contributed by atoms with Crippen molar-refractivity contribution >= 4 is 5.82 Å². The summed E-state index contributed by atoms with van der Waals surface area (Å²) >= 11 is 0. The third-order valence-electron chi connectivity index (χ3n) is 3.27. The summed E-state index contributed by atoms with van der Waals surface area (Å²) in [6.45, 7) is 3.37. The van der Waals surface area contributed by atoms with Crippen molar-refractivity contribution in [3.8, 4) is 6.07 Å². The highest BCUT2D eigenvalue weighted by Crippen LogP contribution is 2.30. The number of aromatic nitrogens is 1. The van der Waals surface area contributed by atoms with E-state index in [0.717, 1.165) is 5.69 Å². The van der Waals surface area contributed by atoms with Crippen LogP contribution in [0.5, 0.6) is 0 Å². The van der Waals surface area contributed by atoms with Gasteiger partial charge in [0.2, 0.25) is 0 Å². The first-order valence-electron chi connectivity index (χ1n) is 6.01. The molecule has 18 heavy (non-hydrogen) atoms. The second-order valence-electron chi connectivity index (χ2n) is 4.64. The minimum Gasteiger partial charge on any atom is -0.381 e. The van der Waals surface area contributed by atoms with Crippen molar-refractivity contribution in [1.82, 2.24) is 4.98 Å². The van der Waals surface area contributed by atoms with Gasteiger partial charge in [-0.3, -0.25) is 0 Å². The molecule has 0 unspecified atom stereocenters. The van der Waals surface area contributed by atoms with Gasteiger partial charge in [-0.2, -0.15) is 5.26 Å². The highest BCUT2D eigenvalue weighted by Gasteiger charge is 2.32. The van der Waals surface area contributed by atoms with Crippen molar-refractivity contribution < 1.29 is 9.13 Å². The molecule has 4 nitrogen and oxygen atoms in total. The molecule has 1 saturated heterocycles. The highest BCUT2D eigenvalue weighted by molar-refractivity contribution is 5.38. The van der Waals surface area contributed by atoms with Crippen molar-refractivity contribution in [1.29, 1.82) is 5.26 Å². The molecule has 1 aliphatic rings. The van der Waals surface area contributed by atoms with Gasteiger partial charge in [0.25, 0.3) is 0 Å². The maximum Gasteiger partial charge on any atom is 0.165 e. The van der Waals surface area contributed by atoms with Crippen LogP contribution in [0, 0.1) is 29.5 Å². The van der Waals surface area contributed by atoms with E-state index in [1.807, 2.05) is 0 Å². The lowest BCUT2D eigenvalue weighted by Gasteiger charge is -2.30. The van der Waals surface area contributed by atoms with E-state index in [4.69, 9.17) is 4.74 Å². The first-order valence-corrected chi connectivity index (χ1v) is 6.01. The molecule has 2 rings (SSSR count). The minimum absolute atomic E-state index is 0.219. The van der Waals surface area contributed by atoms with E-state index in [1.165, 1.54) is 6.07 Å². The molecule has 0 spiro atoms. The van der Waals surface area contributed by atoms with Crippen LogP contribution in [0.2, 0.25) is 0 Å². The molecule has 0 aromatic carbocycles. The van der Waals surface area contributed by atoms with Crippen LogP contribution in [0.4, 0.5) is 10.2 Å². The standard InChI is InChI=1S/C13H16FN3O/c1-10-2-3-11(14)12(17-10)16-9-13(8-15)4-6-18-7-5-13/h2-3H,4-7,9H2,1H3,(H,16,17). The molecular weight excluding hydrogens is 233 g/mol. The Labute approximate surface area is 106 Å². The van der Waals surface area contributed by atoms with Crippen LogP contribution in [0.15, 0.2) is 12.1 Å². The molecule has 0 aliphatic carbocycles. The second kappa shape index (κ2) is 5.32. The van der Waals surface area contributed by atoms with Gasteiger partial charge in [0.15, 0.2) is 11.6 Å². The number of hydrogen-bond donors (Lipinski definition) is 1. The SMILES string of the molecule is Cc1ccc(F)c(NCC2(C#N)CCOCC2)n1. The third-order valence-corrected chi connectivity index (χ3v) is 3.27. The second-order valence-corrected chi connectivity index (χ2v) is 4.64. The molecule has 1 fully saturated rings. The van der Waals surface area contributed by atoms with Gasteiger partial charge in [0, 0.05) is 25.5 Å². The third kappa shape index (κ3) is 2.77. The van der Waals surface area contributed by atoms with Crippen molar-refractivity contribution in [2.45, 2.75) is 19.8 Å². The molecule has 1 N–H and O–H groups in total. The number of ether oxygens (including phenoxy) is 1. The highest BCUT2D eigenvalue weighted by atomic mass is 19.1. The molecule has 1 aromatic rings. The number of aryl methyl sites for hydroxylation is 1. The van der Waals surface area contributed by atoms with Gasteiger partial charge in [0.05, 0.1) is 11.5 Å². The fourth-order valence-electron chi connectivity index (χ4n) is 2.01. The Balaban J connectivity index is 2.06. The van der Waals surface area contributed by atoms with Crippen molar-refractivity contribution in [3.63, 3.8) is 0 Å². The van der Waals surface area contributed by atoms with Gasteiger partial charge in [-0.15, -0.1) is 0 Å². The Kier molecular flexibility index (Phi) is 3.78. The molecule has 0 saturated carbocycles. The van der Waals surface area contributed by atoms with Crippen LogP contribution in [-0.2, 0) is 4.74 Å². The zero-order chi connectivity index (χ0) is 13.0. The fraction of sp³-hybridized carbons (Fsp3) is 0.538. The Morgan fingerprint density at radius 3 is 2.89 bits per heavy atom. The fourth-order valence-corrected chi connectivity index (χ4v) is 2.01. The van der Waals surface area contributed by atoms with Gasteiger partial charge in [-0.05, 0) is 31.9 Å². The summed E-state index contributed by atoms with van der Waals surface area (Å²) in [5.74, 6) is -0.170. The van der Waals surface area contributed by atoms with E-state index in [0.29, 0.717) is 32.6 Å². The summed E-state index contributed by atoms with van der Waals surface area (Å²) < 4.78 is 18.8. The molecule has 0 bridgehead atoms. The van der Waals surface area contributed by atoms with Crippen LogP contribution in [0.3, 0.4) is 0 Å². The number of anilines is 1. The predicted octanol–water partition coefficient (Wildman–Crippen LogP) is 2.26. The van der Waals surface area contributed by atoms with E-state index in [9.17, 15) is 9.65 Å². The quantitative estimate of drug-likeness (QED) is 0.892. The molecule has 96 valence electrons. The maximum absolute atomic E-state index is 13.5. The first-order chi connectivity index (χ1) is 8.65. The van der Waals surface area contributed by atoms with Crippen LogP contribution >= 0.6 is 0 Å². The summed E-state index contributed by atoms with van der Waals surface area (Å²) in [7, 11) is 0. The number of halogens is 1. The average Bonchev–Trinajstić information content (AvgIpc) is 2.41. The summed E-state index contributed by atoms with van der Waals surface area (Å²) in [5.41, 5.74) is 0.271. The number of hydrogen-bond acceptors (Lipinski definition) is 4. The van der Waals surface area contributed by atoms with Crippen LogP contribution in [-0.4, -0.2) is 24.7 Å². The average molecular weight is 249 g/mol. The molecule has 0 amide bonds. The summed E-state index contributed by atoms with van der Waals surface area (Å²) in [6, 6.07) is 5.33. The lowest BCUT2D eigenvalue weighted by atomic mass is 9.82. The smallest absolute Gasteiger partial charge is 0.165 e. The van der Waals surface area contributed by atoms with E-state index in [1.54, 1.807) is 13.0 Å². The number of nitrogens with one attached hydrogen (secondary N) is 1. The Morgan fingerprint density at radius 2 is 2.22 bits per heavy atom. The van der Waals surface area contributed by atoms with Crippen molar-refractivity contribution in [3.05, 3.63) is 23.6 Å². The monoisotopic (exact) mass is 249 g/mol. The molecule has 0 atom stereocenters. The van der Waals surface area contributed by atoms with Gasteiger partial charge < -0.3 is 10.1 Å². The number of nitrogens with zero attached hydrogens (tertiary/aromatic N) is 2. The lowest BCUT2D eigenvalue weighted by Crippen LogP contribution is -2.35. The number of rotatable bonds is 3. The van der Waals surface area contributed by atoms with E-state index in [-0.39, 0.29) is 11.6 Å². The zero-order valence-electron chi connectivity index (χ0n) is 10.4. The zero-order valence-corrected chi connectivity index (χ0v) is 10.4. The van der Waals surface area contributed by atoms with E-state index >= 15 is 0 Å². The maximum atomic E-state index is 13.5. The van der Waals surface area contributed by atoms with Gasteiger partial charge in [-0.1, -0.05) is 0 Å². The summed E-state index contributed by atoms with van der Waals surface area (Å²) in [5, 5.41) is 12.2. The summed E-state index contributed by atoms with van der Waals surface area (Å²) in [6.07, 6.45) is 1.34. The van der Waals surface area contributed by atoms with Crippen LogP contribution in [0.25, 0.3) is 0 Å². The van der Waals surface area contributed by atoms with Crippen molar-refractivity contribution in [2.24, 2.45) is 5.41 Å². The van der Waals surface area contributed by atoms with Gasteiger partial charge >= 0.3 is 0 Å². The normalized spacial score (nSPS) is 18.1. The van der Waals surface area contributed by atoms with E-state index < -0.39 is 5.41 Å². The van der Waals surface area contributed by atoms with E-state index in [2.05, 4.69) is 16.4 Å². The number of nitriles is 1. The van der Waals surface area contributed by atoms with Crippen LogP contribution < -0.4 is 5.32 Å². The molecule has 1 aromatic heterocycles. The molecule has 2 heterocycles. The Bertz CT molecular complexity index is 464. The molecule has 1 aliphatic heterocycles. The topological polar surface area (TPSA) is 57.9 Å². The van der Waals surface area contributed by atoms with Crippen LogP contribution in [0.1, 0.15) is 18.5 Å². The van der Waals surface area contributed by atoms with Gasteiger partial charge in [-0.25, -0.2) is 9.37 Å². The molecule has 5 heteroatoms. The van der Waals surface area contributed by atoms with Crippen molar-refractivity contribution in [2.75, 3.05) is 25.1 Å². The minimum atomic E-state index is -0.476. The predicted molar refractivity (Wildman–Crippen MR) is 65.5 cm³/mol. The Morgan fingerprint density at radius 1 is 1.50 bits per heavy atom. The van der Waals surface area contributed by atoms with Gasteiger partial charge in [0.1, 0.15) is 0 Å². The first kappa shape index (κ1) is 12.8.